The molecule has 1 aliphatic heterocycles. The highest BCUT2D eigenvalue weighted by atomic mass is 19.3. The highest BCUT2D eigenvalue weighted by molar-refractivity contribution is 5.81. The molecule has 1 aliphatic carbocycles. The molecule has 1 atom stereocenters. The van der Waals surface area contributed by atoms with Crippen LogP contribution in [0.4, 0.5) is 8.78 Å². The van der Waals surface area contributed by atoms with Crippen LogP contribution in [0.15, 0.2) is 18.2 Å². The molecule has 0 aromatic heterocycles. The maximum absolute atomic E-state index is 13.1. The maximum atomic E-state index is 13.1. The number of hydrogen-bond acceptors (Lipinski definition) is 4. The number of hydrogen-bond donors (Lipinski definition) is 1. The van der Waals surface area contributed by atoms with Crippen molar-refractivity contribution in [3.8, 4) is 17.2 Å². The molecule has 5 nitrogen and oxygen atoms in total. The summed E-state index contributed by atoms with van der Waals surface area (Å²) in [6.45, 7) is 1.79. The molecular weight excluding hydrogens is 308 g/mol. The van der Waals surface area contributed by atoms with E-state index in [0.29, 0.717) is 17.2 Å². The SMILES string of the molecule is C[C@H](Oc1ccc2c(c1)OCO2)C(=O)NC1CCC(F)(F)CC1. The second kappa shape index (κ2) is 6.22. The molecular formula is C16H19F2NO4. The normalized spacial score (nSPS) is 20.8. The van der Waals surface area contributed by atoms with Crippen molar-refractivity contribution in [2.75, 3.05) is 6.79 Å². The first kappa shape index (κ1) is 15.8. The van der Waals surface area contributed by atoms with Crippen molar-refractivity contribution in [2.24, 2.45) is 0 Å². The van der Waals surface area contributed by atoms with Crippen LogP contribution >= 0.6 is 0 Å². The summed E-state index contributed by atoms with van der Waals surface area (Å²) in [5.41, 5.74) is 0. The number of carbonyl (C=O) groups is 1. The third-order valence-corrected chi connectivity index (χ3v) is 4.09. The van der Waals surface area contributed by atoms with Gasteiger partial charge in [0.15, 0.2) is 17.6 Å². The van der Waals surface area contributed by atoms with E-state index in [4.69, 9.17) is 14.2 Å². The van der Waals surface area contributed by atoms with E-state index in [1.165, 1.54) is 0 Å². The number of carbonyl (C=O) groups excluding carboxylic acids is 1. The molecule has 0 unspecified atom stereocenters. The van der Waals surface area contributed by atoms with E-state index in [-0.39, 0.29) is 44.4 Å². The van der Waals surface area contributed by atoms with E-state index in [1.807, 2.05) is 0 Å². The van der Waals surface area contributed by atoms with Crippen molar-refractivity contribution in [1.82, 2.24) is 5.32 Å². The zero-order valence-corrected chi connectivity index (χ0v) is 12.8. The Morgan fingerprint density at radius 1 is 1.30 bits per heavy atom. The lowest BCUT2D eigenvalue weighted by Crippen LogP contribution is -2.45. The number of amides is 1. The first-order chi connectivity index (χ1) is 10.9. The Bertz CT molecular complexity index is 583. The van der Waals surface area contributed by atoms with Crippen LogP contribution in [-0.4, -0.2) is 30.8 Å². The average molecular weight is 327 g/mol. The van der Waals surface area contributed by atoms with E-state index in [0.717, 1.165) is 0 Å². The van der Waals surface area contributed by atoms with Gasteiger partial charge in [0.05, 0.1) is 0 Å². The lowest BCUT2D eigenvalue weighted by atomic mass is 9.92. The molecule has 126 valence electrons. The van der Waals surface area contributed by atoms with Crippen LogP contribution in [0, 0.1) is 0 Å². The van der Waals surface area contributed by atoms with Gasteiger partial charge in [-0.05, 0) is 31.9 Å². The molecule has 0 radical (unpaired) electrons. The summed E-state index contributed by atoms with van der Waals surface area (Å²) in [6, 6.07) is 4.85. The van der Waals surface area contributed by atoms with Gasteiger partial charge >= 0.3 is 0 Å². The minimum Gasteiger partial charge on any atom is -0.481 e. The van der Waals surface area contributed by atoms with Gasteiger partial charge in [-0.2, -0.15) is 0 Å². The number of benzene rings is 1. The van der Waals surface area contributed by atoms with Crippen molar-refractivity contribution < 1.29 is 27.8 Å². The molecule has 0 saturated heterocycles. The second-order valence-electron chi connectivity index (χ2n) is 5.91. The molecule has 1 fully saturated rings. The van der Waals surface area contributed by atoms with Crippen molar-refractivity contribution in [3.05, 3.63) is 18.2 Å². The van der Waals surface area contributed by atoms with Crippen LogP contribution in [0.25, 0.3) is 0 Å². The summed E-state index contributed by atoms with van der Waals surface area (Å²) in [6.07, 6.45) is -0.520. The Labute approximate surface area is 132 Å². The van der Waals surface area contributed by atoms with E-state index in [2.05, 4.69) is 5.32 Å². The van der Waals surface area contributed by atoms with Crippen LogP contribution in [0.3, 0.4) is 0 Å². The molecule has 1 heterocycles. The first-order valence-corrected chi connectivity index (χ1v) is 7.67. The smallest absolute Gasteiger partial charge is 0.260 e. The standard InChI is InChI=1S/C16H19F2NO4/c1-10(15(20)19-11-4-6-16(17,18)7-5-11)23-12-2-3-13-14(8-12)22-9-21-13/h2-3,8,10-11H,4-7,9H2,1H3,(H,19,20)/t10-/m0/s1. The molecule has 23 heavy (non-hydrogen) atoms. The lowest BCUT2D eigenvalue weighted by Gasteiger charge is -2.29. The molecule has 0 spiro atoms. The Hall–Kier alpha value is -2.05. The van der Waals surface area contributed by atoms with Gasteiger partial charge in [-0.3, -0.25) is 4.79 Å². The summed E-state index contributed by atoms with van der Waals surface area (Å²) in [5.74, 6) is -1.21. The topological polar surface area (TPSA) is 56.8 Å². The zero-order chi connectivity index (χ0) is 16.4. The molecule has 1 aromatic rings. The highest BCUT2D eigenvalue weighted by Gasteiger charge is 2.35. The van der Waals surface area contributed by atoms with Crippen LogP contribution in [0.5, 0.6) is 17.2 Å². The highest BCUT2D eigenvalue weighted by Crippen LogP contribution is 2.35. The van der Waals surface area contributed by atoms with Crippen LogP contribution in [0.1, 0.15) is 32.6 Å². The Morgan fingerprint density at radius 2 is 2.00 bits per heavy atom. The summed E-state index contributed by atoms with van der Waals surface area (Å²) in [7, 11) is 0. The number of alkyl halides is 2. The molecule has 0 bridgehead atoms. The predicted molar refractivity (Wildman–Crippen MR) is 78.0 cm³/mol. The fourth-order valence-corrected chi connectivity index (χ4v) is 2.71. The molecule has 3 rings (SSSR count). The number of ether oxygens (including phenoxy) is 3. The monoisotopic (exact) mass is 327 g/mol. The van der Waals surface area contributed by atoms with E-state index in [9.17, 15) is 13.6 Å². The van der Waals surface area contributed by atoms with Crippen molar-refractivity contribution >= 4 is 5.91 Å². The van der Waals surface area contributed by atoms with Crippen LogP contribution < -0.4 is 19.5 Å². The van der Waals surface area contributed by atoms with Gasteiger partial charge < -0.3 is 19.5 Å². The quantitative estimate of drug-likeness (QED) is 0.924. The van der Waals surface area contributed by atoms with E-state index in [1.54, 1.807) is 25.1 Å². The van der Waals surface area contributed by atoms with E-state index < -0.39 is 12.0 Å². The Balaban J connectivity index is 1.52. The average Bonchev–Trinajstić information content (AvgIpc) is 2.97. The molecule has 2 aliphatic rings. The summed E-state index contributed by atoms with van der Waals surface area (Å²) in [5, 5.41) is 2.78. The summed E-state index contributed by atoms with van der Waals surface area (Å²) in [4.78, 5) is 12.1. The van der Waals surface area contributed by atoms with Crippen molar-refractivity contribution in [1.29, 1.82) is 0 Å². The molecule has 7 heteroatoms. The lowest BCUT2D eigenvalue weighted by molar-refractivity contribution is -0.129. The van der Waals surface area contributed by atoms with Gasteiger partial charge in [-0.1, -0.05) is 0 Å². The zero-order valence-electron chi connectivity index (χ0n) is 12.8. The summed E-state index contributed by atoms with van der Waals surface area (Å²) >= 11 is 0. The minimum absolute atomic E-state index is 0.168. The number of fused-ring (bicyclic) bond motifs is 1. The fraction of sp³-hybridized carbons (Fsp3) is 0.562. The van der Waals surface area contributed by atoms with Crippen molar-refractivity contribution in [3.63, 3.8) is 0 Å². The third kappa shape index (κ3) is 3.83. The van der Waals surface area contributed by atoms with Crippen LogP contribution in [-0.2, 0) is 4.79 Å². The van der Waals surface area contributed by atoms with Gasteiger partial charge in [0.2, 0.25) is 12.7 Å². The maximum Gasteiger partial charge on any atom is 0.260 e. The third-order valence-electron chi connectivity index (χ3n) is 4.09. The minimum atomic E-state index is -2.60. The van der Waals surface area contributed by atoms with Crippen molar-refractivity contribution in [2.45, 2.75) is 50.7 Å². The number of rotatable bonds is 4. The Kier molecular flexibility index (Phi) is 4.28. The molecule has 1 N–H and O–H groups in total. The molecule has 1 saturated carbocycles. The largest absolute Gasteiger partial charge is 0.481 e. The first-order valence-electron chi connectivity index (χ1n) is 7.67. The number of halogens is 2. The van der Waals surface area contributed by atoms with Gasteiger partial charge in [0.1, 0.15) is 5.75 Å². The van der Waals surface area contributed by atoms with Crippen LogP contribution in [0.2, 0.25) is 0 Å². The predicted octanol–water partition coefficient (Wildman–Crippen LogP) is 2.88. The van der Waals surface area contributed by atoms with Gasteiger partial charge in [0, 0.05) is 24.9 Å². The number of nitrogens with one attached hydrogen (secondary N) is 1. The molecule has 1 amide bonds. The molecule has 1 aromatic carbocycles. The van der Waals surface area contributed by atoms with Gasteiger partial charge in [0.25, 0.3) is 5.91 Å². The second-order valence-corrected chi connectivity index (χ2v) is 5.91. The van der Waals surface area contributed by atoms with E-state index >= 15 is 0 Å². The summed E-state index contributed by atoms with van der Waals surface area (Å²) < 4.78 is 42.3. The Morgan fingerprint density at radius 3 is 2.74 bits per heavy atom. The van der Waals surface area contributed by atoms with Gasteiger partial charge in [-0.25, -0.2) is 8.78 Å². The fourth-order valence-electron chi connectivity index (χ4n) is 2.71. The van der Waals surface area contributed by atoms with Gasteiger partial charge in [-0.15, -0.1) is 0 Å².